The van der Waals surface area contributed by atoms with Crippen LogP contribution in [0.25, 0.3) is 0 Å². The Bertz CT molecular complexity index is 590. The van der Waals surface area contributed by atoms with E-state index in [0.29, 0.717) is 17.5 Å². The molecule has 20 heavy (non-hydrogen) atoms. The highest BCUT2D eigenvalue weighted by molar-refractivity contribution is 7.79. The maximum atomic E-state index is 13.7. The first kappa shape index (κ1) is 14.7. The van der Waals surface area contributed by atoms with Crippen molar-refractivity contribution in [3.05, 3.63) is 48.5 Å². The van der Waals surface area contributed by atoms with Gasteiger partial charge in [0.25, 0.3) is 0 Å². The number of para-hydroxylation sites is 2. The summed E-state index contributed by atoms with van der Waals surface area (Å²) in [7, 11) is -2.77. The van der Waals surface area contributed by atoms with E-state index in [1.165, 1.54) is 0 Å². The Hall–Kier alpha value is -1.73. The molecule has 106 valence electrons. The van der Waals surface area contributed by atoms with Crippen LogP contribution in [0.5, 0.6) is 0 Å². The second-order valence-corrected chi connectivity index (χ2v) is 7.82. The Labute approximate surface area is 120 Å². The first-order valence-corrected chi connectivity index (χ1v) is 8.78. The van der Waals surface area contributed by atoms with Crippen LogP contribution in [0.15, 0.2) is 48.5 Å². The summed E-state index contributed by atoms with van der Waals surface area (Å²) in [5, 5.41) is 1.46. The zero-order valence-corrected chi connectivity index (χ0v) is 12.6. The average Bonchev–Trinajstić information content (AvgIpc) is 2.46. The summed E-state index contributed by atoms with van der Waals surface area (Å²) in [6.07, 6.45) is 2.48. The minimum Gasteiger partial charge on any atom is -0.398 e. The molecule has 0 amide bonds. The van der Waals surface area contributed by atoms with Gasteiger partial charge in [0.05, 0.1) is 0 Å². The van der Waals surface area contributed by atoms with Crippen molar-refractivity contribution in [1.29, 1.82) is 0 Å². The van der Waals surface area contributed by atoms with Crippen LogP contribution in [-0.4, -0.2) is 6.16 Å². The first-order valence-electron chi connectivity index (χ1n) is 6.89. The number of benzene rings is 2. The van der Waals surface area contributed by atoms with Crippen LogP contribution >= 0.6 is 7.14 Å². The molecule has 2 rings (SSSR count). The summed E-state index contributed by atoms with van der Waals surface area (Å²) < 4.78 is 13.7. The van der Waals surface area contributed by atoms with Crippen LogP contribution in [0.2, 0.25) is 0 Å². The van der Waals surface area contributed by atoms with Gasteiger partial charge in [-0.2, -0.15) is 0 Å². The molecule has 2 aromatic carbocycles. The number of unbranched alkanes of at least 4 members (excludes halogenated alkanes) is 1. The van der Waals surface area contributed by atoms with Gasteiger partial charge in [-0.05, 0) is 30.7 Å². The molecule has 0 aromatic heterocycles. The number of anilines is 2. The van der Waals surface area contributed by atoms with Gasteiger partial charge in [0.15, 0.2) is 0 Å². The standard InChI is InChI=1S/C16H21N2OP/c1-2-3-12-20(19,15-10-6-4-8-13(15)17)16-11-7-5-9-14(16)18/h4-11H,2-3,12,17-18H2,1H3. The van der Waals surface area contributed by atoms with Crippen molar-refractivity contribution >= 4 is 29.1 Å². The van der Waals surface area contributed by atoms with E-state index in [2.05, 4.69) is 6.92 Å². The molecule has 0 aliphatic rings. The van der Waals surface area contributed by atoms with Gasteiger partial charge in [-0.25, -0.2) is 0 Å². The van der Waals surface area contributed by atoms with E-state index < -0.39 is 7.14 Å². The summed E-state index contributed by atoms with van der Waals surface area (Å²) >= 11 is 0. The van der Waals surface area contributed by atoms with Gasteiger partial charge < -0.3 is 16.0 Å². The van der Waals surface area contributed by atoms with Crippen molar-refractivity contribution in [3.8, 4) is 0 Å². The van der Waals surface area contributed by atoms with Crippen LogP contribution in [0.3, 0.4) is 0 Å². The average molecular weight is 288 g/mol. The molecule has 0 aliphatic carbocycles. The fourth-order valence-corrected chi connectivity index (χ4v) is 5.52. The lowest BCUT2D eigenvalue weighted by Gasteiger charge is -2.22. The maximum absolute atomic E-state index is 13.7. The van der Waals surface area contributed by atoms with Gasteiger partial charge in [-0.15, -0.1) is 0 Å². The Morgan fingerprint density at radius 2 is 1.35 bits per heavy atom. The molecule has 0 unspecified atom stereocenters. The summed E-state index contributed by atoms with van der Waals surface area (Å²) in [5.74, 6) is 0. The zero-order chi connectivity index (χ0) is 14.6. The van der Waals surface area contributed by atoms with Gasteiger partial charge in [-0.1, -0.05) is 37.6 Å². The third kappa shape index (κ3) is 2.73. The molecule has 4 N–H and O–H groups in total. The lowest BCUT2D eigenvalue weighted by molar-refractivity contribution is 0.585. The largest absolute Gasteiger partial charge is 0.398 e. The molecule has 2 aromatic rings. The molecule has 0 aliphatic heterocycles. The van der Waals surface area contributed by atoms with Crippen molar-refractivity contribution in [2.45, 2.75) is 19.8 Å². The maximum Gasteiger partial charge on any atom is 0.147 e. The van der Waals surface area contributed by atoms with Gasteiger partial charge in [0.1, 0.15) is 7.14 Å². The molecule has 0 atom stereocenters. The summed E-state index contributed by atoms with van der Waals surface area (Å²) in [4.78, 5) is 0. The molecule has 0 saturated carbocycles. The van der Waals surface area contributed by atoms with Crippen molar-refractivity contribution in [3.63, 3.8) is 0 Å². The van der Waals surface area contributed by atoms with Crippen molar-refractivity contribution < 1.29 is 4.57 Å². The predicted octanol–water partition coefficient (Wildman–Crippen LogP) is 2.97. The van der Waals surface area contributed by atoms with Crippen molar-refractivity contribution in [1.82, 2.24) is 0 Å². The molecule has 0 radical (unpaired) electrons. The molecular formula is C16H21N2OP. The van der Waals surface area contributed by atoms with E-state index in [4.69, 9.17) is 11.5 Å². The molecule has 0 fully saturated rings. The van der Waals surface area contributed by atoms with E-state index in [-0.39, 0.29) is 0 Å². The fraction of sp³-hybridized carbons (Fsp3) is 0.250. The number of hydrogen-bond acceptors (Lipinski definition) is 3. The Morgan fingerprint density at radius 1 is 0.900 bits per heavy atom. The SMILES string of the molecule is CCCCP(=O)(c1ccccc1N)c1ccccc1N. The van der Waals surface area contributed by atoms with Crippen LogP contribution in [0.4, 0.5) is 11.4 Å². The topological polar surface area (TPSA) is 69.1 Å². The summed E-state index contributed by atoms with van der Waals surface area (Å²) in [6.45, 7) is 2.09. The number of rotatable bonds is 5. The third-order valence-corrected chi connectivity index (χ3v) is 6.80. The smallest absolute Gasteiger partial charge is 0.147 e. The predicted molar refractivity (Wildman–Crippen MR) is 88.4 cm³/mol. The Morgan fingerprint density at radius 3 is 1.75 bits per heavy atom. The molecule has 4 heteroatoms. The number of nitrogens with two attached hydrogens (primary N) is 2. The van der Waals surface area contributed by atoms with Crippen LogP contribution < -0.4 is 22.1 Å². The molecule has 0 heterocycles. The summed E-state index contributed by atoms with van der Waals surface area (Å²) in [6, 6.07) is 14.8. The monoisotopic (exact) mass is 288 g/mol. The van der Waals surface area contributed by atoms with E-state index >= 15 is 0 Å². The molecule has 3 nitrogen and oxygen atoms in total. The Kier molecular flexibility index (Phi) is 4.51. The highest BCUT2D eigenvalue weighted by atomic mass is 31.2. The van der Waals surface area contributed by atoms with Crippen molar-refractivity contribution in [2.24, 2.45) is 0 Å². The molecule has 0 spiro atoms. The molecular weight excluding hydrogens is 267 g/mol. The van der Waals surface area contributed by atoms with Crippen LogP contribution in [0.1, 0.15) is 19.8 Å². The van der Waals surface area contributed by atoms with Gasteiger partial charge in [0.2, 0.25) is 0 Å². The minimum atomic E-state index is -2.77. The fourth-order valence-electron chi connectivity index (χ4n) is 2.38. The number of hydrogen-bond donors (Lipinski definition) is 2. The Balaban J connectivity index is 2.60. The van der Waals surface area contributed by atoms with E-state index in [1.54, 1.807) is 12.1 Å². The van der Waals surface area contributed by atoms with Crippen LogP contribution in [0, 0.1) is 0 Å². The van der Waals surface area contributed by atoms with E-state index in [9.17, 15) is 4.57 Å². The quantitative estimate of drug-likeness (QED) is 0.656. The third-order valence-electron chi connectivity index (χ3n) is 3.48. The highest BCUT2D eigenvalue weighted by Crippen LogP contribution is 2.47. The minimum absolute atomic E-state index is 0.579. The van der Waals surface area contributed by atoms with E-state index in [1.807, 2.05) is 36.4 Å². The zero-order valence-electron chi connectivity index (χ0n) is 11.8. The summed E-state index contributed by atoms with van der Waals surface area (Å²) in [5.41, 5.74) is 13.3. The first-order chi connectivity index (χ1) is 9.59. The van der Waals surface area contributed by atoms with Gasteiger partial charge >= 0.3 is 0 Å². The van der Waals surface area contributed by atoms with E-state index in [0.717, 1.165) is 23.5 Å². The second-order valence-electron chi connectivity index (χ2n) is 4.93. The number of nitrogen functional groups attached to an aromatic ring is 2. The van der Waals surface area contributed by atoms with Crippen LogP contribution in [-0.2, 0) is 4.57 Å². The highest BCUT2D eigenvalue weighted by Gasteiger charge is 2.30. The normalized spacial score (nSPS) is 11.4. The second kappa shape index (κ2) is 6.15. The molecule has 0 bridgehead atoms. The lowest BCUT2D eigenvalue weighted by atomic mass is 10.3. The van der Waals surface area contributed by atoms with Gasteiger partial charge in [-0.3, -0.25) is 0 Å². The molecule has 0 saturated heterocycles. The van der Waals surface area contributed by atoms with Gasteiger partial charge in [0, 0.05) is 28.1 Å². The van der Waals surface area contributed by atoms with Crippen molar-refractivity contribution in [2.75, 3.05) is 17.6 Å². The lowest BCUT2D eigenvalue weighted by Crippen LogP contribution is -2.23.